The predicted molar refractivity (Wildman–Crippen MR) is 97.0 cm³/mol. The molecule has 0 saturated carbocycles. The molecule has 0 spiro atoms. The molecule has 3 rings (SSSR count). The minimum atomic E-state index is 0.152. The molecule has 0 aromatic heterocycles. The van der Waals surface area contributed by atoms with Gasteiger partial charge >= 0.3 is 0 Å². The number of carbonyl (C=O) groups is 1. The lowest BCUT2D eigenvalue weighted by atomic mass is 9.88. The highest BCUT2D eigenvalue weighted by Gasteiger charge is 2.18. The van der Waals surface area contributed by atoms with Crippen molar-refractivity contribution in [3.8, 4) is 0 Å². The van der Waals surface area contributed by atoms with Crippen molar-refractivity contribution < 1.29 is 9.53 Å². The maximum absolute atomic E-state index is 12.4. The monoisotopic (exact) mass is 329 g/mol. The van der Waals surface area contributed by atoms with E-state index in [0.717, 1.165) is 38.9 Å². The molecule has 2 aliphatic rings. The van der Waals surface area contributed by atoms with Crippen LogP contribution >= 0.6 is 0 Å². The fourth-order valence-electron chi connectivity index (χ4n) is 4.03. The highest BCUT2D eigenvalue weighted by molar-refractivity contribution is 5.76. The highest BCUT2D eigenvalue weighted by atomic mass is 16.5. The van der Waals surface area contributed by atoms with Gasteiger partial charge in [-0.3, -0.25) is 4.79 Å². The summed E-state index contributed by atoms with van der Waals surface area (Å²) in [6.07, 6.45) is 9.81. The Morgan fingerprint density at radius 2 is 1.96 bits per heavy atom. The Hall–Kier alpha value is -1.35. The van der Waals surface area contributed by atoms with Crippen LogP contribution in [0.4, 0.5) is 0 Å². The van der Waals surface area contributed by atoms with Crippen molar-refractivity contribution in [2.75, 3.05) is 13.2 Å². The molecule has 1 amide bonds. The summed E-state index contributed by atoms with van der Waals surface area (Å²) in [6, 6.07) is 6.98. The van der Waals surface area contributed by atoms with Crippen LogP contribution < -0.4 is 5.32 Å². The molecule has 3 heteroatoms. The Morgan fingerprint density at radius 3 is 2.71 bits per heavy atom. The van der Waals surface area contributed by atoms with Gasteiger partial charge in [-0.05, 0) is 74.0 Å². The molecule has 1 aromatic carbocycles. The van der Waals surface area contributed by atoms with Gasteiger partial charge < -0.3 is 10.1 Å². The number of carbonyl (C=O) groups excluding carboxylic acids is 1. The van der Waals surface area contributed by atoms with E-state index in [1.54, 1.807) is 0 Å². The van der Waals surface area contributed by atoms with Gasteiger partial charge in [-0.15, -0.1) is 0 Å². The molecule has 1 aromatic rings. The Balaban J connectivity index is 1.54. The zero-order chi connectivity index (χ0) is 16.8. The van der Waals surface area contributed by atoms with Crippen LogP contribution in [0.15, 0.2) is 18.2 Å². The van der Waals surface area contributed by atoms with Crippen molar-refractivity contribution in [1.82, 2.24) is 5.32 Å². The van der Waals surface area contributed by atoms with Crippen molar-refractivity contribution in [2.45, 2.75) is 70.8 Å². The van der Waals surface area contributed by atoms with Crippen LogP contribution in [0.1, 0.15) is 74.6 Å². The maximum atomic E-state index is 12.4. The molecule has 0 bridgehead atoms. The number of fused-ring (bicyclic) bond motifs is 1. The van der Waals surface area contributed by atoms with Crippen LogP contribution in [-0.4, -0.2) is 19.1 Å². The molecule has 3 nitrogen and oxygen atoms in total. The second-order valence-corrected chi connectivity index (χ2v) is 7.36. The molecular weight excluding hydrogens is 298 g/mol. The number of amides is 1. The van der Waals surface area contributed by atoms with Gasteiger partial charge in [0, 0.05) is 19.6 Å². The van der Waals surface area contributed by atoms with Crippen molar-refractivity contribution in [3.05, 3.63) is 34.9 Å². The first-order valence-electron chi connectivity index (χ1n) is 9.75. The quantitative estimate of drug-likeness (QED) is 0.843. The third-order valence-electron chi connectivity index (χ3n) is 5.64. The minimum Gasteiger partial charge on any atom is -0.381 e. The summed E-state index contributed by atoms with van der Waals surface area (Å²) in [7, 11) is 0. The van der Waals surface area contributed by atoms with Gasteiger partial charge in [0.15, 0.2) is 0 Å². The summed E-state index contributed by atoms with van der Waals surface area (Å²) in [4.78, 5) is 12.4. The Labute approximate surface area is 146 Å². The lowest BCUT2D eigenvalue weighted by Gasteiger charge is -2.23. The van der Waals surface area contributed by atoms with Crippen molar-refractivity contribution >= 4 is 5.91 Å². The Kier molecular flexibility index (Phi) is 6.30. The molecule has 1 N–H and O–H groups in total. The molecule has 1 fully saturated rings. The fraction of sp³-hybridized carbons (Fsp3) is 0.667. The molecule has 1 saturated heterocycles. The van der Waals surface area contributed by atoms with E-state index in [0.29, 0.717) is 12.3 Å². The van der Waals surface area contributed by atoms with Gasteiger partial charge in [0.1, 0.15) is 0 Å². The average Bonchev–Trinajstić information content (AvgIpc) is 2.65. The number of rotatable bonds is 6. The van der Waals surface area contributed by atoms with Crippen LogP contribution in [0.25, 0.3) is 0 Å². The van der Waals surface area contributed by atoms with E-state index in [2.05, 4.69) is 30.4 Å². The third-order valence-corrected chi connectivity index (χ3v) is 5.64. The van der Waals surface area contributed by atoms with Gasteiger partial charge in [0.05, 0.1) is 6.04 Å². The lowest BCUT2D eigenvalue weighted by Crippen LogP contribution is -2.29. The van der Waals surface area contributed by atoms with Crippen molar-refractivity contribution in [1.29, 1.82) is 0 Å². The second kappa shape index (κ2) is 8.66. The zero-order valence-electron chi connectivity index (χ0n) is 15.0. The van der Waals surface area contributed by atoms with Crippen LogP contribution in [-0.2, 0) is 22.4 Å². The maximum Gasteiger partial charge on any atom is 0.220 e. The largest absolute Gasteiger partial charge is 0.381 e. The van der Waals surface area contributed by atoms with E-state index in [1.165, 1.54) is 42.4 Å². The fourth-order valence-corrected chi connectivity index (χ4v) is 4.03. The molecule has 1 unspecified atom stereocenters. The Bertz CT molecular complexity index is 549. The first kappa shape index (κ1) is 17.5. The minimum absolute atomic E-state index is 0.152. The predicted octanol–water partition coefficient (Wildman–Crippen LogP) is 4.34. The second-order valence-electron chi connectivity index (χ2n) is 7.36. The first-order chi connectivity index (χ1) is 11.8. The summed E-state index contributed by atoms with van der Waals surface area (Å²) >= 11 is 0. The molecule has 24 heavy (non-hydrogen) atoms. The summed E-state index contributed by atoms with van der Waals surface area (Å²) in [5.41, 5.74) is 4.27. The molecular formula is C21H31NO2. The molecule has 1 heterocycles. The molecule has 132 valence electrons. The zero-order valence-corrected chi connectivity index (χ0v) is 15.0. The highest BCUT2D eigenvalue weighted by Crippen LogP contribution is 2.26. The first-order valence-corrected chi connectivity index (χ1v) is 9.75. The number of ether oxygens (including phenoxy) is 1. The van der Waals surface area contributed by atoms with E-state index < -0.39 is 0 Å². The van der Waals surface area contributed by atoms with Crippen molar-refractivity contribution in [2.24, 2.45) is 5.92 Å². The van der Waals surface area contributed by atoms with Gasteiger partial charge in [0.25, 0.3) is 0 Å². The number of benzene rings is 1. The molecule has 1 aliphatic heterocycles. The topological polar surface area (TPSA) is 38.3 Å². The summed E-state index contributed by atoms with van der Waals surface area (Å²) in [5.74, 6) is 0.861. The van der Waals surface area contributed by atoms with Crippen LogP contribution in [0, 0.1) is 5.92 Å². The van der Waals surface area contributed by atoms with E-state index in [9.17, 15) is 4.79 Å². The van der Waals surface area contributed by atoms with E-state index >= 15 is 0 Å². The van der Waals surface area contributed by atoms with E-state index in [1.807, 2.05) is 0 Å². The Morgan fingerprint density at radius 1 is 1.21 bits per heavy atom. The van der Waals surface area contributed by atoms with Gasteiger partial charge in [-0.25, -0.2) is 0 Å². The number of aryl methyl sites for hydroxylation is 2. The van der Waals surface area contributed by atoms with Crippen molar-refractivity contribution in [3.63, 3.8) is 0 Å². The summed E-state index contributed by atoms with van der Waals surface area (Å²) in [5, 5.41) is 3.26. The summed E-state index contributed by atoms with van der Waals surface area (Å²) in [6.45, 7) is 3.88. The summed E-state index contributed by atoms with van der Waals surface area (Å²) < 4.78 is 5.39. The lowest BCUT2D eigenvalue weighted by molar-refractivity contribution is -0.122. The van der Waals surface area contributed by atoms with Gasteiger partial charge in [-0.2, -0.15) is 0 Å². The molecule has 1 aliphatic carbocycles. The van der Waals surface area contributed by atoms with Gasteiger partial charge in [-0.1, -0.05) is 25.1 Å². The van der Waals surface area contributed by atoms with Crippen LogP contribution in [0.2, 0.25) is 0 Å². The van der Waals surface area contributed by atoms with Crippen LogP contribution in [0.5, 0.6) is 0 Å². The number of hydrogen-bond donors (Lipinski definition) is 1. The average molecular weight is 329 g/mol. The smallest absolute Gasteiger partial charge is 0.220 e. The van der Waals surface area contributed by atoms with Gasteiger partial charge in [0.2, 0.25) is 5.91 Å². The molecule has 0 radical (unpaired) electrons. The number of hydrogen-bond acceptors (Lipinski definition) is 2. The molecule has 1 atom stereocenters. The van der Waals surface area contributed by atoms with E-state index in [4.69, 9.17) is 4.74 Å². The number of nitrogens with one attached hydrogen (secondary N) is 1. The normalized spacial score (nSPS) is 19.5. The third kappa shape index (κ3) is 4.60. The van der Waals surface area contributed by atoms with E-state index in [-0.39, 0.29) is 11.9 Å². The standard InChI is InChI=1S/C21H31NO2/c1-2-20(19-9-8-17-5-3-4-6-18(17)15-19)22-21(23)10-7-16-11-13-24-14-12-16/h8-9,15-16,20H,2-7,10-14H2,1H3,(H,22,23). The van der Waals surface area contributed by atoms with Crippen LogP contribution in [0.3, 0.4) is 0 Å². The SMILES string of the molecule is CCC(NC(=O)CCC1CCOCC1)c1ccc2c(c1)CCCC2.